The quantitative estimate of drug-likeness (QED) is 0.496. The van der Waals surface area contributed by atoms with Crippen LogP contribution in [0.15, 0.2) is 24.5 Å². The number of amides is 1. The SMILES string of the molecule is Cc1cccc(N)c1C(=O)Nc1nc(Cl)c2[nH]cnc2n1. The molecule has 1 aromatic carbocycles. The molecule has 0 bridgehead atoms. The van der Waals surface area contributed by atoms with Crippen molar-refractivity contribution < 1.29 is 4.79 Å². The number of nitrogens with one attached hydrogen (secondary N) is 2. The highest BCUT2D eigenvalue weighted by molar-refractivity contribution is 6.33. The summed E-state index contributed by atoms with van der Waals surface area (Å²) in [5, 5.41) is 2.77. The number of halogens is 1. The molecule has 3 aromatic rings. The maximum absolute atomic E-state index is 12.3. The normalized spacial score (nSPS) is 10.8. The van der Waals surface area contributed by atoms with Crippen molar-refractivity contribution in [2.75, 3.05) is 11.1 Å². The van der Waals surface area contributed by atoms with Gasteiger partial charge >= 0.3 is 0 Å². The third-order valence-electron chi connectivity index (χ3n) is 3.00. The standard InChI is InChI=1S/C13H11ClN6O/c1-6-3-2-4-7(15)8(6)12(21)20-13-18-10(14)9-11(19-13)17-5-16-9/h2-5H,15H2,1H3,(H2,16,17,18,19,20,21). The van der Waals surface area contributed by atoms with Crippen LogP contribution in [0.1, 0.15) is 15.9 Å². The lowest BCUT2D eigenvalue weighted by Gasteiger charge is -2.09. The van der Waals surface area contributed by atoms with Crippen molar-refractivity contribution in [3.63, 3.8) is 0 Å². The van der Waals surface area contributed by atoms with Crippen molar-refractivity contribution in [2.45, 2.75) is 6.92 Å². The number of nitrogens with zero attached hydrogens (tertiary/aromatic N) is 3. The minimum Gasteiger partial charge on any atom is -0.398 e. The van der Waals surface area contributed by atoms with Crippen molar-refractivity contribution in [3.8, 4) is 0 Å². The number of nitrogen functional groups attached to an aromatic ring is 1. The van der Waals surface area contributed by atoms with Gasteiger partial charge in [-0.1, -0.05) is 23.7 Å². The Hall–Kier alpha value is -2.67. The van der Waals surface area contributed by atoms with E-state index in [1.807, 2.05) is 0 Å². The average Bonchev–Trinajstić information content (AvgIpc) is 2.87. The molecule has 0 aliphatic rings. The first-order valence-electron chi connectivity index (χ1n) is 6.09. The topological polar surface area (TPSA) is 110 Å². The fourth-order valence-electron chi connectivity index (χ4n) is 2.02. The van der Waals surface area contributed by atoms with Gasteiger partial charge in [-0.15, -0.1) is 0 Å². The van der Waals surface area contributed by atoms with E-state index >= 15 is 0 Å². The first kappa shape index (κ1) is 13.3. The molecular formula is C13H11ClN6O. The Labute approximate surface area is 124 Å². The number of aryl methyl sites for hydroxylation is 1. The number of benzene rings is 1. The molecule has 7 nitrogen and oxygen atoms in total. The molecule has 0 fully saturated rings. The molecule has 0 radical (unpaired) electrons. The van der Waals surface area contributed by atoms with Crippen LogP contribution in [-0.2, 0) is 0 Å². The lowest BCUT2D eigenvalue weighted by Crippen LogP contribution is -2.17. The molecule has 1 amide bonds. The summed E-state index contributed by atoms with van der Waals surface area (Å²) >= 11 is 6.00. The van der Waals surface area contributed by atoms with Gasteiger partial charge in [-0.25, -0.2) is 4.98 Å². The van der Waals surface area contributed by atoms with E-state index in [9.17, 15) is 4.79 Å². The molecule has 4 N–H and O–H groups in total. The summed E-state index contributed by atoms with van der Waals surface area (Å²) in [6.07, 6.45) is 1.45. The minimum atomic E-state index is -0.392. The zero-order valence-electron chi connectivity index (χ0n) is 11.0. The molecule has 2 heterocycles. The monoisotopic (exact) mass is 302 g/mol. The van der Waals surface area contributed by atoms with Crippen LogP contribution in [0.3, 0.4) is 0 Å². The number of carbonyl (C=O) groups is 1. The van der Waals surface area contributed by atoms with Gasteiger partial charge in [-0.3, -0.25) is 10.1 Å². The minimum absolute atomic E-state index is 0.0762. The van der Waals surface area contributed by atoms with Crippen LogP contribution in [0, 0.1) is 6.92 Å². The van der Waals surface area contributed by atoms with Gasteiger partial charge in [0.1, 0.15) is 5.52 Å². The number of aromatic amines is 1. The second-order valence-electron chi connectivity index (χ2n) is 4.43. The van der Waals surface area contributed by atoms with E-state index in [4.69, 9.17) is 17.3 Å². The van der Waals surface area contributed by atoms with Crippen LogP contribution >= 0.6 is 11.6 Å². The number of anilines is 2. The fraction of sp³-hybridized carbons (Fsp3) is 0.0769. The number of hydrogen-bond donors (Lipinski definition) is 3. The molecule has 0 saturated heterocycles. The summed E-state index contributed by atoms with van der Waals surface area (Å²) in [7, 11) is 0. The van der Waals surface area contributed by atoms with Crippen LogP contribution in [0.2, 0.25) is 5.15 Å². The van der Waals surface area contributed by atoms with Crippen LogP contribution in [0.4, 0.5) is 11.6 Å². The summed E-state index contributed by atoms with van der Waals surface area (Å²) in [6.45, 7) is 1.80. The van der Waals surface area contributed by atoms with Crippen molar-refractivity contribution in [1.29, 1.82) is 0 Å². The summed E-state index contributed by atoms with van der Waals surface area (Å²) in [5.74, 6) is -0.316. The maximum atomic E-state index is 12.3. The van der Waals surface area contributed by atoms with Crippen LogP contribution < -0.4 is 11.1 Å². The Morgan fingerprint density at radius 2 is 2.19 bits per heavy atom. The first-order chi connectivity index (χ1) is 10.1. The van der Waals surface area contributed by atoms with Crippen LogP contribution in [0.25, 0.3) is 11.2 Å². The Morgan fingerprint density at radius 1 is 1.38 bits per heavy atom. The molecule has 2 aromatic heterocycles. The van der Waals surface area contributed by atoms with Crippen molar-refractivity contribution in [1.82, 2.24) is 19.9 Å². The zero-order valence-corrected chi connectivity index (χ0v) is 11.8. The van der Waals surface area contributed by atoms with Gasteiger partial charge in [0.25, 0.3) is 5.91 Å². The predicted molar refractivity (Wildman–Crippen MR) is 80.2 cm³/mol. The highest BCUT2D eigenvalue weighted by atomic mass is 35.5. The van der Waals surface area contributed by atoms with E-state index in [-0.39, 0.29) is 11.1 Å². The third kappa shape index (κ3) is 2.38. The second kappa shape index (κ2) is 5.02. The second-order valence-corrected chi connectivity index (χ2v) is 4.79. The number of carbonyl (C=O) groups excluding carboxylic acids is 1. The highest BCUT2D eigenvalue weighted by Gasteiger charge is 2.15. The summed E-state index contributed by atoms with van der Waals surface area (Å²) in [4.78, 5) is 27.2. The van der Waals surface area contributed by atoms with Gasteiger partial charge in [-0.2, -0.15) is 9.97 Å². The molecule has 21 heavy (non-hydrogen) atoms. The van der Waals surface area contributed by atoms with Crippen LogP contribution in [0.5, 0.6) is 0 Å². The van der Waals surface area contributed by atoms with Crippen molar-refractivity contribution in [2.24, 2.45) is 0 Å². The van der Waals surface area contributed by atoms with E-state index in [1.165, 1.54) is 6.33 Å². The fourth-order valence-corrected chi connectivity index (χ4v) is 2.24. The van der Waals surface area contributed by atoms with Gasteiger partial charge < -0.3 is 10.7 Å². The number of fused-ring (bicyclic) bond motifs is 1. The maximum Gasteiger partial charge on any atom is 0.260 e. The molecule has 0 unspecified atom stereocenters. The van der Waals surface area contributed by atoms with Crippen molar-refractivity contribution >= 4 is 40.3 Å². The molecule has 0 saturated carbocycles. The summed E-state index contributed by atoms with van der Waals surface area (Å²) in [5.41, 5.74) is 8.27. The number of imidazole rings is 1. The number of rotatable bonds is 2. The number of hydrogen-bond acceptors (Lipinski definition) is 5. The van der Waals surface area contributed by atoms with Gasteiger partial charge in [0.2, 0.25) is 5.95 Å². The van der Waals surface area contributed by atoms with E-state index in [2.05, 4.69) is 25.3 Å². The first-order valence-corrected chi connectivity index (χ1v) is 6.47. The summed E-state index contributed by atoms with van der Waals surface area (Å²) < 4.78 is 0. The smallest absolute Gasteiger partial charge is 0.260 e. The van der Waals surface area contributed by atoms with Gasteiger partial charge in [-0.05, 0) is 18.6 Å². The number of H-pyrrole nitrogens is 1. The van der Waals surface area contributed by atoms with Gasteiger partial charge in [0.05, 0.1) is 11.9 Å². The molecule has 106 valence electrons. The Morgan fingerprint density at radius 3 is 2.95 bits per heavy atom. The molecule has 0 spiro atoms. The average molecular weight is 303 g/mol. The highest BCUT2D eigenvalue weighted by Crippen LogP contribution is 2.20. The largest absolute Gasteiger partial charge is 0.398 e. The van der Waals surface area contributed by atoms with Gasteiger partial charge in [0.15, 0.2) is 10.8 Å². The summed E-state index contributed by atoms with van der Waals surface area (Å²) in [6, 6.07) is 5.24. The van der Waals surface area contributed by atoms with E-state index in [0.29, 0.717) is 22.4 Å². The number of nitrogens with two attached hydrogens (primary N) is 1. The Balaban J connectivity index is 1.96. The molecule has 3 rings (SSSR count). The molecule has 8 heteroatoms. The molecule has 0 aliphatic carbocycles. The molecular weight excluding hydrogens is 292 g/mol. The predicted octanol–water partition coefficient (Wildman–Crippen LogP) is 2.15. The Bertz CT molecular complexity index is 824. The molecule has 0 aliphatic heterocycles. The third-order valence-corrected chi connectivity index (χ3v) is 3.27. The number of aromatic nitrogens is 4. The van der Waals surface area contributed by atoms with Crippen molar-refractivity contribution in [3.05, 3.63) is 40.8 Å². The lowest BCUT2D eigenvalue weighted by atomic mass is 10.1. The molecule has 0 atom stereocenters. The van der Waals surface area contributed by atoms with E-state index < -0.39 is 5.91 Å². The lowest BCUT2D eigenvalue weighted by molar-refractivity contribution is 0.102. The Kier molecular flexibility index (Phi) is 3.19. The van der Waals surface area contributed by atoms with E-state index in [1.54, 1.807) is 25.1 Å². The zero-order chi connectivity index (χ0) is 15.0. The van der Waals surface area contributed by atoms with Gasteiger partial charge in [0, 0.05) is 5.69 Å². The van der Waals surface area contributed by atoms with Crippen LogP contribution in [-0.4, -0.2) is 25.8 Å². The van der Waals surface area contributed by atoms with E-state index in [0.717, 1.165) is 5.56 Å².